The Kier molecular flexibility index (Phi) is 4.93. The number of nitrogens with one attached hydrogen (secondary N) is 1. The van der Waals surface area contributed by atoms with E-state index in [1.54, 1.807) is 12.3 Å². The van der Waals surface area contributed by atoms with Crippen molar-refractivity contribution in [2.24, 2.45) is 5.92 Å². The smallest absolute Gasteiger partial charge is 0.255 e. The second-order valence-corrected chi connectivity index (χ2v) is 6.39. The van der Waals surface area contributed by atoms with E-state index in [2.05, 4.69) is 15.2 Å². The predicted octanol–water partition coefficient (Wildman–Crippen LogP) is 1.96. The summed E-state index contributed by atoms with van der Waals surface area (Å²) in [5.41, 5.74) is 0.614. The molecule has 1 saturated heterocycles. The molecule has 1 aliphatic heterocycles. The highest BCUT2D eigenvalue weighted by molar-refractivity contribution is 5.98. The molecule has 1 aromatic rings. The zero-order valence-electron chi connectivity index (χ0n) is 13.0. The molecular formula is C17H25N3O2. The van der Waals surface area contributed by atoms with Crippen LogP contribution in [0, 0.1) is 5.92 Å². The lowest BCUT2D eigenvalue weighted by atomic mass is 10.0. The standard InChI is InChI=1S/C17H25N3O2/c21-15(13-6-1-2-7-13)12-19-17(22)14-8-5-9-18-16(14)20-10-3-4-11-20/h5,8-9,13,15,21H,1-4,6-7,10-12H2,(H,19,22). The molecule has 1 unspecified atom stereocenters. The van der Waals surface area contributed by atoms with Crippen LogP contribution in [0.4, 0.5) is 5.82 Å². The first kappa shape index (κ1) is 15.3. The summed E-state index contributed by atoms with van der Waals surface area (Å²) in [5, 5.41) is 13.1. The van der Waals surface area contributed by atoms with Crippen LogP contribution in [0.15, 0.2) is 18.3 Å². The van der Waals surface area contributed by atoms with E-state index in [1.165, 1.54) is 12.8 Å². The van der Waals surface area contributed by atoms with Crippen LogP contribution in [0.3, 0.4) is 0 Å². The van der Waals surface area contributed by atoms with Crippen LogP contribution < -0.4 is 10.2 Å². The van der Waals surface area contributed by atoms with E-state index in [0.717, 1.165) is 44.6 Å². The maximum atomic E-state index is 12.5. The zero-order valence-corrected chi connectivity index (χ0v) is 13.0. The van der Waals surface area contributed by atoms with Crippen LogP contribution in [0.25, 0.3) is 0 Å². The van der Waals surface area contributed by atoms with Gasteiger partial charge in [0.2, 0.25) is 0 Å². The monoisotopic (exact) mass is 303 g/mol. The molecule has 0 radical (unpaired) electrons. The highest BCUT2D eigenvalue weighted by Gasteiger charge is 2.25. The first-order valence-corrected chi connectivity index (χ1v) is 8.42. The minimum atomic E-state index is -0.432. The minimum Gasteiger partial charge on any atom is -0.391 e. The summed E-state index contributed by atoms with van der Waals surface area (Å²) >= 11 is 0. The molecule has 0 spiro atoms. The Morgan fingerprint density at radius 3 is 2.77 bits per heavy atom. The minimum absolute atomic E-state index is 0.132. The predicted molar refractivity (Wildman–Crippen MR) is 86.0 cm³/mol. The average Bonchev–Trinajstić information content (AvgIpc) is 3.24. The molecule has 2 N–H and O–H groups in total. The van der Waals surface area contributed by atoms with Gasteiger partial charge in [0.1, 0.15) is 5.82 Å². The van der Waals surface area contributed by atoms with Gasteiger partial charge >= 0.3 is 0 Å². The second-order valence-electron chi connectivity index (χ2n) is 6.39. The third-order valence-corrected chi connectivity index (χ3v) is 4.85. The van der Waals surface area contributed by atoms with Crippen molar-refractivity contribution in [3.05, 3.63) is 23.9 Å². The Balaban J connectivity index is 1.62. The molecule has 1 aliphatic carbocycles. The second kappa shape index (κ2) is 7.09. The van der Waals surface area contributed by atoms with Gasteiger partial charge in [-0.05, 0) is 43.7 Å². The van der Waals surface area contributed by atoms with Crippen molar-refractivity contribution in [3.63, 3.8) is 0 Å². The topological polar surface area (TPSA) is 65.5 Å². The molecule has 2 fully saturated rings. The van der Waals surface area contributed by atoms with E-state index >= 15 is 0 Å². The lowest BCUT2D eigenvalue weighted by molar-refractivity contribution is 0.0841. The van der Waals surface area contributed by atoms with E-state index in [1.807, 2.05) is 6.07 Å². The Morgan fingerprint density at radius 1 is 1.32 bits per heavy atom. The van der Waals surface area contributed by atoms with E-state index in [-0.39, 0.29) is 5.91 Å². The van der Waals surface area contributed by atoms with Crippen LogP contribution in [0.2, 0.25) is 0 Å². The summed E-state index contributed by atoms with van der Waals surface area (Å²) in [6, 6.07) is 3.61. The van der Waals surface area contributed by atoms with E-state index in [9.17, 15) is 9.90 Å². The molecule has 3 rings (SSSR count). The van der Waals surface area contributed by atoms with Gasteiger partial charge in [-0.2, -0.15) is 0 Å². The number of aliphatic hydroxyl groups is 1. The first-order chi connectivity index (χ1) is 10.8. The lowest BCUT2D eigenvalue weighted by Crippen LogP contribution is -2.36. The highest BCUT2D eigenvalue weighted by Crippen LogP contribution is 2.27. The molecule has 0 aromatic carbocycles. The van der Waals surface area contributed by atoms with Crippen molar-refractivity contribution in [1.82, 2.24) is 10.3 Å². The van der Waals surface area contributed by atoms with Gasteiger partial charge in [0.15, 0.2) is 0 Å². The van der Waals surface area contributed by atoms with Crippen molar-refractivity contribution in [2.45, 2.75) is 44.6 Å². The summed E-state index contributed by atoms with van der Waals surface area (Å²) < 4.78 is 0. The quantitative estimate of drug-likeness (QED) is 0.873. The van der Waals surface area contributed by atoms with E-state index in [0.29, 0.717) is 18.0 Å². The fourth-order valence-corrected chi connectivity index (χ4v) is 3.56. The Labute approximate surface area is 131 Å². The molecule has 2 aliphatic rings. The van der Waals surface area contributed by atoms with Gasteiger partial charge in [-0.3, -0.25) is 4.79 Å². The van der Waals surface area contributed by atoms with Crippen LogP contribution in [0.5, 0.6) is 0 Å². The normalized spacial score (nSPS) is 20.3. The third-order valence-electron chi connectivity index (χ3n) is 4.85. The van der Waals surface area contributed by atoms with Crippen molar-refractivity contribution in [2.75, 3.05) is 24.5 Å². The van der Waals surface area contributed by atoms with E-state index < -0.39 is 6.10 Å². The molecule has 1 atom stereocenters. The number of hydrogen-bond acceptors (Lipinski definition) is 4. The average molecular weight is 303 g/mol. The summed E-state index contributed by atoms with van der Waals surface area (Å²) in [6.07, 6.45) is 8.13. The number of aliphatic hydroxyl groups excluding tert-OH is 1. The van der Waals surface area contributed by atoms with Crippen molar-refractivity contribution < 1.29 is 9.90 Å². The molecule has 2 heterocycles. The van der Waals surface area contributed by atoms with Crippen LogP contribution in [-0.4, -0.2) is 41.7 Å². The number of carbonyl (C=O) groups excluding carboxylic acids is 1. The number of amides is 1. The number of nitrogens with zero attached hydrogens (tertiary/aromatic N) is 2. The van der Waals surface area contributed by atoms with Gasteiger partial charge in [-0.25, -0.2) is 4.98 Å². The molecular weight excluding hydrogens is 278 g/mol. The van der Waals surface area contributed by atoms with Gasteiger partial charge in [0.05, 0.1) is 11.7 Å². The first-order valence-electron chi connectivity index (χ1n) is 8.42. The molecule has 5 heteroatoms. The summed E-state index contributed by atoms with van der Waals surface area (Å²) in [5.74, 6) is 0.979. The molecule has 120 valence electrons. The fourth-order valence-electron chi connectivity index (χ4n) is 3.56. The van der Waals surface area contributed by atoms with Crippen LogP contribution in [-0.2, 0) is 0 Å². The zero-order chi connectivity index (χ0) is 15.4. The van der Waals surface area contributed by atoms with Gasteiger partial charge in [-0.1, -0.05) is 12.8 Å². The number of pyridine rings is 1. The van der Waals surface area contributed by atoms with Gasteiger partial charge < -0.3 is 15.3 Å². The third kappa shape index (κ3) is 3.40. The maximum Gasteiger partial charge on any atom is 0.255 e. The van der Waals surface area contributed by atoms with Crippen molar-refractivity contribution in [1.29, 1.82) is 0 Å². The SMILES string of the molecule is O=C(NCC(O)C1CCCC1)c1cccnc1N1CCCC1. The molecule has 0 bridgehead atoms. The Hall–Kier alpha value is -1.62. The number of anilines is 1. The number of rotatable bonds is 5. The highest BCUT2D eigenvalue weighted by atomic mass is 16.3. The summed E-state index contributed by atoms with van der Waals surface area (Å²) in [6.45, 7) is 2.25. The fraction of sp³-hybridized carbons (Fsp3) is 0.647. The van der Waals surface area contributed by atoms with Crippen molar-refractivity contribution in [3.8, 4) is 0 Å². The molecule has 5 nitrogen and oxygen atoms in total. The molecule has 1 aromatic heterocycles. The van der Waals surface area contributed by atoms with Crippen molar-refractivity contribution >= 4 is 11.7 Å². The summed E-state index contributed by atoms with van der Waals surface area (Å²) in [4.78, 5) is 19.0. The number of carbonyl (C=O) groups is 1. The number of hydrogen-bond donors (Lipinski definition) is 2. The largest absolute Gasteiger partial charge is 0.391 e. The van der Waals surface area contributed by atoms with Gasteiger partial charge in [-0.15, -0.1) is 0 Å². The lowest BCUT2D eigenvalue weighted by Gasteiger charge is -2.21. The maximum absolute atomic E-state index is 12.5. The van der Waals surface area contributed by atoms with E-state index in [4.69, 9.17) is 0 Å². The van der Waals surface area contributed by atoms with Gasteiger partial charge in [0.25, 0.3) is 5.91 Å². The molecule has 1 saturated carbocycles. The van der Waals surface area contributed by atoms with Gasteiger partial charge in [0, 0.05) is 25.8 Å². The van der Waals surface area contributed by atoms with Crippen LogP contribution >= 0.6 is 0 Å². The Bertz CT molecular complexity index is 508. The number of aromatic nitrogens is 1. The summed E-state index contributed by atoms with van der Waals surface area (Å²) in [7, 11) is 0. The molecule has 1 amide bonds. The van der Waals surface area contributed by atoms with Crippen LogP contribution in [0.1, 0.15) is 48.9 Å². The Morgan fingerprint density at radius 2 is 2.05 bits per heavy atom. The molecule has 22 heavy (non-hydrogen) atoms.